The number of hydrogen-bond donors (Lipinski definition) is 1. The minimum absolute atomic E-state index is 0.0914. The lowest BCUT2D eigenvalue weighted by atomic mass is 10.2. The molecule has 0 unspecified atom stereocenters. The fourth-order valence-corrected chi connectivity index (χ4v) is 2.23. The van der Waals surface area contributed by atoms with Crippen LogP contribution in [0.25, 0.3) is 0 Å². The Balaban J connectivity index is 1.77. The van der Waals surface area contributed by atoms with Crippen molar-refractivity contribution in [1.82, 2.24) is 5.32 Å². The summed E-state index contributed by atoms with van der Waals surface area (Å²) in [6.45, 7) is 4.06. The van der Waals surface area contributed by atoms with Gasteiger partial charge in [-0.2, -0.15) is 0 Å². The summed E-state index contributed by atoms with van der Waals surface area (Å²) >= 11 is 0. The van der Waals surface area contributed by atoms with Crippen molar-refractivity contribution >= 4 is 0 Å². The number of halogens is 2. The normalized spacial score (nSPS) is 10.8. The Bertz CT molecular complexity index is 597. The highest BCUT2D eigenvalue weighted by atomic mass is 19.1. The molecule has 0 aliphatic heterocycles. The molecule has 0 atom stereocenters. The van der Waals surface area contributed by atoms with Crippen LogP contribution in [-0.4, -0.2) is 19.8 Å². The van der Waals surface area contributed by atoms with Crippen LogP contribution in [0.4, 0.5) is 8.78 Å². The zero-order valence-corrected chi connectivity index (χ0v) is 13.9. The second kappa shape index (κ2) is 10.0. The molecule has 5 heteroatoms. The Hall–Kier alpha value is -1.98. The molecule has 0 heterocycles. The summed E-state index contributed by atoms with van der Waals surface area (Å²) in [5.74, 6) is -1.73. The van der Waals surface area contributed by atoms with E-state index in [0.29, 0.717) is 18.7 Å². The molecule has 2 aromatic rings. The van der Waals surface area contributed by atoms with Gasteiger partial charge in [-0.1, -0.05) is 37.3 Å². The van der Waals surface area contributed by atoms with E-state index in [1.165, 1.54) is 12.1 Å². The van der Waals surface area contributed by atoms with E-state index >= 15 is 0 Å². The van der Waals surface area contributed by atoms with Crippen molar-refractivity contribution < 1.29 is 18.3 Å². The van der Waals surface area contributed by atoms with Crippen LogP contribution in [0, 0.1) is 11.6 Å². The molecular weight excluding hydrogens is 312 g/mol. The first kappa shape index (κ1) is 18.4. The van der Waals surface area contributed by atoms with Gasteiger partial charge in [0.15, 0.2) is 17.4 Å². The van der Waals surface area contributed by atoms with E-state index in [2.05, 4.69) is 5.32 Å². The molecule has 0 spiro atoms. The zero-order valence-electron chi connectivity index (χ0n) is 13.9. The third-order valence-corrected chi connectivity index (χ3v) is 3.40. The van der Waals surface area contributed by atoms with Crippen LogP contribution in [0.15, 0.2) is 42.5 Å². The minimum atomic E-state index is -0.689. The second-order valence-corrected chi connectivity index (χ2v) is 5.45. The predicted molar refractivity (Wildman–Crippen MR) is 89.9 cm³/mol. The first-order valence-electron chi connectivity index (χ1n) is 8.13. The van der Waals surface area contributed by atoms with E-state index in [4.69, 9.17) is 9.47 Å². The summed E-state index contributed by atoms with van der Waals surface area (Å²) in [5, 5.41) is 3.11. The van der Waals surface area contributed by atoms with E-state index in [1.54, 1.807) is 0 Å². The Morgan fingerprint density at radius 2 is 1.67 bits per heavy atom. The van der Waals surface area contributed by atoms with Crippen molar-refractivity contribution in [3.05, 3.63) is 65.2 Å². The Morgan fingerprint density at radius 3 is 2.33 bits per heavy atom. The molecule has 130 valence electrons. The molecule has 0 aliphatic rings. The van der Waals surface area contributed by atoms with Gasteiger partial charge in [0.1, 0.15) is 6.61 Å². The zero-order chi connectivity index (χ0) is 17.2. The molecule has 2 rings (SSSR count). The first-order chi connectivity index (χ1) is 11.7. The molecule has 0 aromatic heterocycles. The largest absolute Gasteiger partial charge is 0.485 e. The van der Waals surface area contributed by atoms with Crippen molar-refractivity contribution in [1.29, 1.82) is 0 Å². The maximum absolute atomic E-state index is 14.0. The van der Waals surface area contributed by atoms with Gasteiger partial charge in [0, 0.05) is 6.54 Å². The number of nitrogens with one attached hydrogen (secondary N) is 1. The summed E-state index contributed by atoms with van der Waals surface area (Å²) in [6, 6.07) is 12.3. The quantitative estimate of drug-likeness (QED) is 0.664. The van der Waals surface area contributed by atoms with Crippen LogP contribution in [0.3, 0.4) is 0 Å². The van der Waals surface area contributed by atoms with Crippen molar-refractivity contribution in [3.63, 3.8) is 0 Å². The average Bonchev–Trinajstić information content (AvgIpc) is 2.58. The third kappa shape index (κ3) is 5.91. The highest BCUT2D eigenvalue weighted by Gasteiger charge is 2.12. The molecule has 0 aliphatic carbocycles. The van der Waals surface area contributed by atoms with E-state index in [1.807, 2.05) is 37.3 Å². The number of rotatable bonds is 10. The molecule has 0 radical (unpaired) electrons. The van der Waals surface area contributed by atoms with Gasteiger partial charge in [-0.3, -0.25) is 0 Å². The van der Waals surface area contributed by atoms with Gasteiger partial charge in [-0.15, -0.1) is 0 Å². The smallest absolute Gasteiger partial charge is 0.190 e. The van der Waals surface area contributed by atoms with Crippen molar-refractivity contribution in [2.45, 2.75) is 26.5 Å². The molecule has 0 bridgehead atoms. The van der Waals surface area contributed by atoms with Gasteiger partial charge in [-0.25, -0.2) is 8.78 Å². The number of benzene rings is 2. The summed E-state index contributed by atoms with van der Waals surface area (Å²) in [6.07, 6.45) is 0.967. The molecule has 0 fully saturated rings. The monoisotopic (exact) mass is 335 g/mol. The SMILES string of the molecule is CCCNCc1cc(F)c(OCCOCc2ccccc2)c(F)c1. The molecule has 2 aromatic carbocycles. The van der Waals surface area contributed by atoms with Gasteiger partial charge < -0.3 is 14.8 Å². The lowest BCUT2D eigenvalue weighted by Gasteiger charge is -2.11. The molecule has 24 heavy (non-hydrogen) atoms. The molecule has 0 saturated heterocycles. The average molecular weight is 335 g/mol. The highest BCUT2D eigenvalue weighted by Crippen LogP contribution is 2.23. The van der Waals surface area contributed by atoms with Crippen LogP contribution in [0.1, 0.15) is 24.5 Å². The number of hydrogen-bond acceptors (Lipinski definition) is 3. The molecule has 0 amide bonds. The molecule has 1 N–H and O–H groups in total. The van der Waals surface area contributed by atoms with E-state index in [0.717, 1.165) is 18.5 Å². The molecule has 3 nitrogen and oxygen atoms in total. The van der Waals surface area contributed by atoms with Crippen molar-refractivity contribution in [2.75, 3.05) is 19.8 Å². The minimum Gasteiger partial charge on any atom is -0.485 e. The molecule has 0 saturated carbocycles. The Kier molecular flexibility index (Phi) is 7.65. The van der Waals surface area contributed by atoms with Gasteiger partial charge in [0.2, 0.25) is 0 Å². The Labute approximate surface area is 141 Å². The standard InChI is InChI=1S/C19H23F2NO2/c1-2-8-22-13-16-11-17(20)19(18(21)12-16)24-10-9-23-14-15-6-4-3-5-7-15/h3-7,11-12,22H,2,8-10,13-14H2,1H3. The van der Waals surface area contributed by atoms with Crippen molar-refractivity contribution in [3.8, 4) is 5.75 Å². The lowest BCUT2D eigenvalue weighted by molar-refractivity contribution is 0.0862. The van der Waals surface area contributed by atoms with E-state index < -0.39 is 11.6 Å². The first-order valence-corrected chi connectivity index (χ1v) is 8.13. The van der Waals surface area contributed by atoms with Crippen LogP contribution < -0.4 is 10.1 Å². The Morgan fingerprint density at radius 1 is 0.958 bits per heavy atom. The lowest BCUT2D eigenvalue weighted by Crippen LogP contribution is -2.14. The fourth-order valence-electron chi connectivity index (χ4n) is 2.23. The summed E-state index contributed by atoms with van der Waals surface area (Å²) in [5.41, 5.74) is 1.60. The van der Waals surface area contributed by atoms with Gasteiger partial charge >= 0.3 is 0 Å². The van der Waals surface area contributed by atoms with Gasteiger partial charge in [0.05, 0.1) is 13.2 Å². The fraction of sp³-hybridized carbons (Fsp3) is 0.368. The highest BCUT2D eigenvalue weighted by molar-refractivity contribution is 5.31. The van der Waals surface area contributed by atoms with Crippen LogP contribution >= 0.6 is 0 Å². The summed E-state index contributed by atoms with van der Waals surface area (Å²) in [4.78, 5) is 0. The maximum atomic E-state index is 14.0. The predicted octanol–water partition coefficient (Wildman–Crippen LogP) is 4.06. The second-order valence-electron chi connectivity index (χ2n) is 5.45. The van der Waals surface area contributed by atoms with Crippen molar-refractivity contribution in [2.24, 2.45) is 0 Å². The van der Waals surface area contributed by atoms with E-state index in [9.17, 15) is 8.78 Å². The van der Waals surface area contributed by atoms with Crippen LogP contribution in [0.2, 0.25) is 0 Å². The van der Waals surface area contributed by atoms with Gasteiger partial charge in [-0.05, 0) is 36.2 Å². The topological polar surface area (TPSA) is 30.5 Å². The summed E-state index contributed by atoms with van der Waals surface area (Å²) < 4.78 is 38.5. The number of ether oxygens (including phenoxy) is 2. The summed E-state index contributed by atoms with van der Waals surface area (Å²) in [7, 11) is 0. The van der Waals surface area contributed by atoms with Crippen LogP contribution in [0.5, 0.6) is 5.75 Å². The van der Waals surface area contributed by atoms with Gasteiger partial charge in [0.25, 0.3) is 0 Å². The van der Waals surface area contributed by atoms with E-state index in [-0.39, 0.29) is 19.0 Å². The molecular formula is C19H23F2NO2. The maximum Gasteiger partial charge on any atom is 0.190 e. The van der Waals surface area contributed by atoms with Crippen LogP contribution in [-0.2, 0) is 17.9 Å². The third-order valence-electron chi connectivity index (χ3n) is 3.40.